The van der Waals surface area contributed by atoms with Gasteiger partial charge in [-0.25, -0.2) is 0 Å². The van der Waals surface area contributed by atoms with Gasteiger partial charge in [-0.2, -0.15) is 0 Å². The molecule has 1 heterocycles. The van der Waals surface area contributed by atoms with Crippen molar-refractivity contribution in [1.29, 1.82) is 0 Å². The van der Waals surface area contributed by atoms with Crippen molar-refractivity contribution >= 4 is 0 Å². The van der Waals surface area contributed by atoms with E-state index in [1.54, 1.807) is 12.4 Å². The molecule has 1 atom stereocenters. The Hall–Kier alpha value is -0.960. The summed E-state index contributed by atoms with van der Waals surface area (Å²) in [6, 6.07) is 0.303. The molecule has 0 aliphatic heterocycles. The third-order valence-electron chi connectivity index (χ3n) is 3.97. The van der Waals surface area contributed by atoms with Crippen molar-refractivity contribution in [2.24, 2.45) is 5.41 Å². The van der Waals surface area contributed by atoms with Crippen LogP contribution in [0.1, 0.15) is 51.3 Å². The van der Waals surface area contributed by atoms with Crippen LogP contribution < -0.4 is 5.32 Å². The van der Waals surface area contributed by atoms with Crippen molar-refractivity contribution in [1.82, 2.24) is 15.3 Å². The second kappa shape index (κ2) is 4.91. The monoisotopic (exact) mass is 219 g/mol. The number of hydrogen-bond acceptors (Lipinski definition) is 3. The maximum absolute atomic E-state index is 4.32. The predicted octanol–water partition coefficient (Wildman–Crippen LogP) is 2.71. The lowest BCUT2D eigenvalue weighted by Gasteiger charge is -2.42. The summed E-state index contributed by atoms with van der Waals surface area (Å²) in [5.41, 5.74) is 1.60. The molecule has 3 nitrogen and oxygen atoms in total. The zero-order valence-electron chi connectivity index (χ0n) is 10.2. The largest absolute Gasteiger partial charge is 0.308 e. The van der Waals surface area contributed by atoms with Crippen molar-refractivity contribution in [2.75, 3.05) is 6.54 Å². The fraction of sp³-hybridized carbons (Fsp3) is 0.692. The zero-order chi connectivity index (χ0) is 11.4. The lowest BCUT2D eigenvalue weighted by atomic mass is 9.67. The van der Waals surface area contributed by atoms with Gasteiger partial charge in [-0.15, -0.1) is 0 Å². The fourth-order valence-corrected chi connectivity index (χ4v) is 2.34. The smallest absolute Gasteiger partial charge is 0.0753 e. The fourth-order valence-electron chi connectivity index (χ4n) is 2.34. The molecule has 0 bridgehead atoms. The van der Waals surface area contributed by atoms with Gasteiger partial charge in [-0.3, -0.25) is 9.97 Å². The van der Waals surface area contributed by atoms with E-state index in [1.165, 1.54) is 25.7 Å². The van der Waals surface area contributed by atoms with Crippen molar-refractivity contribution in [3.63, 3.8) is 0 Å². The van der Waals surface area contributed by atoms with Crippen molar-refractivity contribution in [3.8, 4) is 0 Å². The number of hydrogen-bond donors (Lipinski definition) is 1. The normalized spacial score (nSPS) is 20.1. The molecule has 1 aliphatic carbocycles. The first kappa shape index (κ1) is 11.5. The summed E-state index contributed by atoms with van der Waals surface area (Å²) in [5, 5.41) is 3.59. The molecule has 0 aromatic carbocycles. The van der Waals surface area contributed by atoms with Gasteiger partial charge < -0.3 is 5.32 Å². The summed E-state index contributed by atoms with van der Waals surface area (Å²) >= 11 is 0. The van der Waals surface area contributed by atoms with Crippen molar-refractivity contribution in [3.05, 3.63) is 24.3 Å². The van der Waals surface area contributed by atoms with E-state index in [1.807, 2.05) is 6.20 Å². The van der Waals surface area contributed by atoms with Gasteiger partial charge >= 0.3 is 0 Å². The lowest BCUT2D eigenvalue weighted by molar-refractivity contribution is 0.120. The zero-order valence-corrected chi connectivity index (χ0v) is 10.2. The molecule has 3 heteroatoms. The third kappa shape index (κ3) is 2.40. The van der Waals surface area contributed by atoms with Crippen LogP contribution in [0.3, 0.4) is 0 Å². The van der Waals surface area contributed by atoms with Gasteiger partial charge in [0.25, 0.3) is 0 Å². The summed E-state index contributed by atoms with van der Waals surface area (Å²) in [4.78, 5) is 8.43. The van der Waals surface area contributed by atoms with Gasteiger partial charge in [0.2, 0.25) is 0 Å². The molecule has 0 saturated heterocycles. The predicted molar refractivity (Wildman–Crippen MR) is 65.0 cm³/mol. The first-order valence-corrected chi connectivity index (χ1v) is 6.25. The van der Waals surface area contributed by atoms with Crippen LogP contribution in [-0.4, -0.2) is 16.5 Å². The Morgan fingerprint density at radius 2 is 2.25 bits per heavy atom. The Kier molecular flexibility index (Phi) is 3.54. The van der Waals surface area contributed by atoms with Gasteiger partial charge in [0.15, 0.2) is 0 Å². The van der Waals surface area contributed by atoms with Crippen LogP contribution in [-0.2, 0) is 0 Å². The minimum Gasteiger partial charge on any atom is -0.308 e. The molecule has 1 fully saturated rings. The average molecular weight is 219 g/mol. The molecule has 1 aliphatic rings. The van der Waals surface area contributed by atoms with E-state index in [0.717, 1.165) is 12.2 Å². The molecule has 0 amide bonds. The third-order valence-corrected chi connectivity index (χ3v) is 3.97. The summed E-state index contributed by atoms with van der Waals surface area (Å²) in [7, 11) is 0. The van der Waals surface area contributed by atoms with E-state index in [9.17, 15) is 0 Å². The van der Waals surface area contributed by atoms with Crippen LogP contribution in [0.2, 0.25) is 0 Å². The van der Waals surface area contributed by atoms with Gasteiger partial charge in [0.05, 0.1) is 5.69 Å². The Balaban J connectivity index is 1.86. The molecule has 1 saturated carbocycles. The van der Waals surface area contributed by atoms with Gasteiger partial charge in [0.1, 0.15) is 0 Å². The van der Waals surface area contributed by atoms with Crippen LogP contribution >= 0.6 is 0 Å². The SMILES string of the molecule is CCC1(CNC(C)c2cnccn2)CCC1. The molecule has 0 spiro atoms. The first-order valence-electron chi connectivity index (χ1n) is 6.25. The minimum atomic E-state index is 0.303. The number of aromatic nitrogens is 2. The van der Waals surface area contributed by atoms with E-state index in [-0.39, 0.29) is 0 Å². The highest BCUT2D eigenvalue weighted by Gasteiger charge is 2.34. The molecule has 1 N–H and O–H groups in total. The molecule has 88 valence electrons. The quantitative estimate of drug-likeness (QED) is 0.827. The highest BCUT2D eigenvalue weighted by Crippen LogP contribution is 2.43. The summed E-state index contributed by atoms with van der Waals surface area (Å²) < 4.78 is 0. The second-order valence-electron chi connectivity index (χ2n) is 4.94. The minimum absolute atomic E-state index is 0.303. The van der Waals surface area contributed by atoms with Crippen molar-refractivity contribution < 1.29 is 0 Å². The molecular weight excluding hydrogens is 198 g/mol. The molecule has 2 rings (SSSR count). The Morgan fingerprint density at radius 1 is 1.44 bits per heavy atom. The van der Waals surface area contributed by atoms with E-state index in [2.05, 4.69) is 29.1 Å². The summed E-state index contributed by atoms with van der Waals surface area (Å²) in [5.74, 6) is 0. The first-order chi connectivity index (χ1) is 7.76. The van der Waals surface area contributed by atoms with Crippen LogP contribution in [0, 0.1) is 5.41 Å². The van der Waals surface area contributed by atoms with E-state index in [0.29, 0.717) is 11.5 Å². The van der Waals surface area contributed by atoms with E-state index >= 15 is 0 Å². The highest BCUT2D eigenvalue weighted by atomic mass is 15.0. The molecule has 1 aromatic rings. The van der Waals surface area contributed by atoms with Gasteiger partial charge in [0, 0.05) is 31.2 Å². The second-order valence-corrected chi connectivity index (χ2v) is 4.94. The van der Waals surface area contributed by atoms with E-state index in [4.69, 9.17) is 0 Å². The van der Waals surface area contributed by atoms with Crippen LogP contribution in [0.25, 0.3) is 0 Å². The van der Waals surface area contributed by atoms with Gasteiger partial charge in [-0.05, 0) is 31.6 Å². The number of nitrogens with zero attached hydrogens (tertiary/aromatic N) is 2. The Morgan fingerprint density at radius 3 is 2.75 bits per heavy atom. The number of nitrogens with one attached hydrogen (secondary N) is 1. The van der Waals surface area contributed by atoms with Crippen molar-refractivity contribution in [2.45, 2.75) is 45.6 Å². The highest BCUT2D eigenvalue weighted by molar-refractivity contribution is 5.01. The van der Waals surface area contributed by atoms with Crippen LogP contribution in [0.4, 0.5) is 0 Å². The Bertz CT molecular complexity index is 314. The van der Waals surface area contributed by atoms with Crippen LogP contribution in [0.15, 0.2) is 18.6 Å². The molecule has 1 aromatic heterocycles. The Labute approximate surface area is 97.7 Å². The van der Waals surface area contributed by atoms with E-state index < -0.39 is 0 Å². The lowest BCUT2D eigenvalue weighted by Crippen LogP contribution is -2.40. The summed E-state index contributed by atoms with van der Waals surface area (Å²) in [6.07, 6.45) is 10.8. The standard InChI is InChI=1S/C13H21N3/c1-3-13(5-4-6-13)10-16-11(2)12-9-14-7-8-15-12/h7-9,11,16H,3-6,10H2,1-2H3. The van der Waals surface area contributed by atoms with Crippen LogP contribution in [0.5, 0.6) is 0 Å². The molecule has 1 unspecified atom stereocenters. The average Bonchev–Trinajstić information content (AvgIpc) is 2.29. The molecular formula is C13H21N3. The molecule has 0 radical (unpaired) electrons. The maximum Gasteiger partial charge on any atom is 0.0753 e. The van der Waals surface area contributed by atoms with Gasteiger partial charge in [-0.1, -0.05) is 13.3 Å². The maximum atomic E-state index is 4.32. The number of rotatable bonds is 5. The topological polar surface area (TPSA) is 37.8 Å². The summed E-state index contributed by atoms with van der Waals surface area (Å²) in [6.45, 7) is 5.57. The molecule has 16 heavy (non-hydrogen) atoms.